The summed E-state index contributed by atoms with van der Waals surface area (Å²) < 4.78 is 69.6. The van der Waals surface area contributed by atoms with E-state index >= 15 is 0 Å². The monoisotopic (exact) mass is 624 g/mol. The van der Waals surface area contributed by atoms with Gasteiger partial charge >= 0.3 is 6.18 Å². The third-order valence-electron chi connectivity index (χ3n) is 12.9. The Labute approximate surface area is 256 Å². The molecule has 0 aromatic heterocycles. The minimum atomic E-state index is -4.64. The molecule has 4 nitrogen and oxygen atoms in total. The van der Waals surface area contributed by atoms with E-state index in [9.17, 15) is 31.8 Å². The van der Waals surface area contributed by atoms with E-state index in [4.69, 9.17) is 0 Å². The first-order chi connectivity index (χ1) is 19.8. The van der Waals surface area contributed by atoms with Crippen LogP contribution in [0.4, 0.5) is 13.2 Å². The summed E-state index contributed by atoms with van der Waals surface area (Å²) in [6.45, 7) is 12.3. The molecule has 10 atom stereocenters. The highest BCUT2D eigenvalue weighted by atomic mass is 32.2. The molecular formula is C35H51F3O4S. The summed E-state index contributed by atoms with van der Waals surface area (Å²) >= 11 is 0. The van der Waals surface area contributed by atoms with Crippen LogP contribution in [-0.2, 0) is 9.84 Å². The molecule has 2 unspecified atom stereocenters. The van der Waals surface area contributed by atoms with Crippen LogP contribution in [-0.4, -0.2) is 41.8 Å². The molecule has 5 rings (SSSR count). The molecule has 3 fully saturated rings. The number of aliphatic hydroxyl groups excluding tert-OH is 1. The Kier molecular flexibility index (Phi) is 8.33. The minimum absolute atomic E-state index is 0.0825. The fourth-order valence-corrected chi connectivity index (χ4v) is 12.1. The van der Waals surface area contributed by atoms with Crippen molar-refractivity contribution >= 4 is 9.84 Å². The van der Waals surface area contributed by atoms with Crippen LogP contribution < -0.4 is 0 Å². The van der Waals surface area contributed by atoms with Crippen molar-refractivity contribution in [3.05, 3.63) is 42.0 Å². The smallest absolute Gasteiger partial charge is 0.393 e. The number of alkyl halides is 3. The lowest BCUT2D eigenvalue weighted by molar-refractivity contribution is -0.271. The van der Waals surface area contributed by atoms with E-state index in [0.29, 0.717) is 23.2 Å². The number of rotatable bonds is 6. The summed E-state index contributed by atoms with van der Waals surface area (Å²) in [4.78, 5) is 0.297. The number of hydrogen-bond acceptors (Lipinski definition) is 4. The number of aliphatic hydroxyl groups is 2. The largest absolute Gasteiger partial charge is 0.417 e. The summed E-state index contributed by atoms with van der Waals surface area (Å²) in [5, 5.41) is 21.0. The van der Waals surface area contributed by atoms with Crippen LogP contribution in [0.2, 0.25) is 0 Å². The maximum atomic E-state index is 14.2. The Bertz CT molecular complexity index is 1320. The topological polar surface area (TPSA) is 74.6 Å². The number of hydrogen-bond donors (Lipinski definition) is 2. The van der Waals surface area contributed by atoms with Gasteiger partial charge in [-0.25, -0.2) is 8.42 Å². The first-order valence-corrected chi connectivity index (χ1v) is 17.8. The van der Waals surface area contributed by atoms with Crippen LogP contribution in [0.3, 0.4) is 0 Å². The average molecular weight is 625 g/mol. The van der Waals surface area contributed by atoms with Gasteiger partial charge < -0.3 is 10.2 Å². The van der Waals surface area contributed by atoms with Crippen LogP contribution in [0, 0.1) is 45.8 Å². The van der Waals surface area contributed by atoms with E-state index in [1.165, 1.54) is 0 Å². The van der Waals surface area contributed by atoms with Crippen LogP contribution >= 0.6 is 0 Å². The van der Waals surface area contributed by atoms with Gasteiger partial charge in [0.2, 0.25) is 0 Å². The summed E-state index contributed by atoms with van der Waals surface area (Å²) in [5.74, 6) is 0.962. The third kappa shape index (κ3) is 5.43. The molecular weight excluding hydrogens is 573 g/mol. The first-order valence-electron chi connectivity index (χ1n) is 16.2. The zero-order valence-corrected chi connectivity index (χ0v) is 27.4. The minimum Gasteiger partial charge on any atom is -0.393 e. The van der Waals surface area contributed by atoms with Crippen LogP contribution in [0.25, 0.3) is 0 Å². The SMILES string of the molecule is C[C@H](C(C[C@H](O)C(C)(C)C)S(=O)(=O)c1ccccc1)[C@H]1CC[C@H]2[C@@H]3CC=C4C[C@](O)(C(F)(F)F)CC[C@]4(C)C3CC[C@]12C. The molecule has 0 radical (unpaired) electrons. The second-order valence-electron chi connectivity index (χ2n) is 16.1. The van der Waals surface area contributed by atoms with Crippen molar-refractivity contribution in [2.75, 3.05) is 0 Å². The van der Waals surface area contributed by atoms with Crippen molar-refractivity contribution in [1.82, 2.24) is 0 Å². The summed E-state index contributed by atoms with van der Waals surface area (Å²) in [6, 6.07) is 8.60. The molecule has 43 heavy (non-hydrogen) atoms. The van der Waals surface area contributed by atoms with Crippen LogP contribution in [0.15, 0.2) is 46.9 Å². The number of fused-ring (bicyclic) bond motifs is 5. The molecule has 1 aromatic rings. The van der Waals surface area contributed by atoms with Gasteiger partial charge in [0.15, 0.2) is 15.4 Å². The molecule has 8 heteroatoms. The van der Waals surface area contributed by atoms with Crippen molar-refractivity contribution in [2.45, 2.75) is 127 Å². The normalized spacial score (nSPS) is 38.7. The molecule has 0 aliphatic heterocycles. The first kappa shape index (κ1) is 33.0. The number of benzene rings is 1. The molecule has 0 heterocycles. The molecule has 0 saturated heterocycles. The molecule has 4 aliphatic rings. The van der Waals surface area contributed by atoms with Crippen molar-refractivity contribution < 1.29 is 31.8 Å². The summed E-state index contributed by atoms with van der Waals surface area (Å²) in [6.07, 6.45) is 0.973. The van der Waals surface area contributed by atoms with Crippen molar-refractivity contribution in [3.8, 4) is 0 Å². The Morgan fingerprint density at radius 3 is 2.23 bits per heavy atom. The highest BCUT2D eigenvalue weighted by Crippen LogP contribution is 2.68. The fourth-order valence-electron chi connectivity index (χ4n) is 10.0. The predicted octanol–water partition coefficient (Wildman–Crippen LogP) is 8.13. The second-order valence-corrected chi connectivity index (χ2v) is 18.2. The van der Waals surface area contributed by atoms with Gasteiger partial charge in [-0.05, 0) is 109 Å². The quantitative estimate of drug-likeness (QED) is 0.314. The standard InChI is InChI=1S/C35H51F3O4S/c1-22(29(20-30(39)31(2,3)4)43(41,42)24-10-8-7-9-11-24)26-14-15-27-25-13-12-23-21-34(40,35(36,37)38)19-18-32(23,5)28(25)16-17-33(26,27)6/h7-12,22,25-30,39-40H,13-21H2,1-6H3/t22-,25-,26+,27-,28?,29?,30-,32-,33+,34-/m0/s1. The molecule has 2 N–H and O–H groups in total. The zero-order chi connectivity index (χ0) is 31.8. The maximum absolute atomic E-state index is 14.2. The second kappa shape index (κ2) is 10.9. The molecule has 3 saturated carbocycles. The Morgan fingerprint density at radius 1 is 0.977 bits per heavy atom. The van der Waals surface area contributed by atoms with Crippen molar-refractivity contribution in [1.29, 1.82) is 0 Å². The lowest BCUT2D eigenvalue weighted by Crippen LogP contribution is -2.56. The molecule has 242 valence electrons. The lowest BCUT2D eigenvalue weighted by atomic mass is 9.46. The van der Waals surface area contributed by atoms with Gasteiger partial charge in [-0.2, -0.15) is 13.2 Å². The van der Waals surface area contributed by atoms with E-state index in [1.807, 2.05) is 32.9 Å². The molecule has 0 amide bonds. The third-order valence-corrected chi connectivity index (χ3v) is 15.3. The van der Waals surface area contributed by atoms with E-state index in [1.54, 1.807) is 24.3 Å². The van der Waals surface area contributed by atoms with Gasteiger partial charge in [-0.3, -0.25) is 0 Å². The van der Waals surface area contributed by atoms with Crippen LogP contribution in [0.5, 0.6) is 0 Å². The molecule has 0 bridgehead atoms. The van der Waals surface area contributed by atoms with Crippen LogP contribution in [0.1, 0.15) is 99.3 Å². The summed E-state index contributed by atoms with van der Waals surface area (Å²) in [5.41, 5.74) is -2.75. The Hall–Kier alpha value is -1.38. The van der Waals surface area contributed by atoms with Gasteiger partial charge in [-0.1, -0.05) is 71.4 Å². The van der Waals surface area contributed by atoms with Gasteiger partial charge in [0, 0.05) is 6.42 Å². The van der Waals surface area contributed by atoms with Gasteiger partial charge in [0.05, 0.1) is 16.2 Å². The van der Waals surface area contributed by atoms with Crippen molar-refractivity contribution in [3.63, 3.8) is 0 Å². The summed E-state index contributed by atoms with van der Waals surface area (Å²) in [7, 11) is -3.71. The van der Waals surface area contributed by atoms with E-state index in [2.05, 4.69) is 20.8 Å². The van der Waals surface area contributed by atoms with Gasteiger partial charge in [0.25, 0.3) is 0 Å². The molecule has 4 aliphatic carbocycles. The molecule has 1 aromatic carbocycles. The number of sulfone groups is 1. The van der Waals surface area contributed by atoms with Gasteiger partial charge in [-0.15, -0.1) is 0 Å². The lowest BCUT2D eigenvalue weighted by Gasteiger charge is -2.59. The van der Waals surface area contributed by atoms with Gasteiger partial charge in [0.1, 0.15) is 0 Å². The zero-order valence-electron chi connectivity index (χ0n) is 26.6. The number of halogens is 3. The van der Waals surface area contributed by atoms with E-state index in [-0.39, 0.29) is 47.8 Å². The highest BCUT2D eigenvalue weighted by molar-refractivity contribution is 7.92. The maximum Gasteiger partial charge on any atom is 0.417 e. The Balaban J connectivity index is 1.44. The van der Waals surface area contributed by atoms with E-state index < -0.39 is 38.4 Å². The Morgan fingerprint density at radius 2 is 1.63 bits per heavy atom. The fraction of sp³-hybridized carbons (Fsp3) is 0.771. The van der Waals surface area contributed by atoms with E-state index in [0.717, 1.165) is 37.7 Å². The molecule has 0 spiro atoms. The number of allylic oxidation sites excluding steroid dienone is 1. The predicted molar refractivity (Wildman–Crippen MR) is 163 cm³/mol. The average Bonchev–Trinajstić information content (AvgIpc) is 3.28. The van der Waals surface area contributed by atoms with Crippen molar-refractivity contribution in [2.24, 2.45) is 45.8 Å². The highest BCUT2D eigenvalue weighted by Gasteiger charge is 2.64.